The number of aliphatic hydroxyl groups is 1. The summed E-state index contributed by atoms with van der Waals surface area (Å²) >= 11 is 11.5. The lowest BCUT2D eigenvalue weighted by Crippen LogP contribution is -2.31. The summed E-state index contributed by atoms with van der Waals surface area (Å²) in [6.45, 7) is 0. The van der Waals surface area contributed by atoms with Gasteiger partial charge in [-0.25, -0.2) is 4.90 Å². The summed E-state index contributed by atoms with van der Waals surface area (Å²) in [7, 11) is 0. The summed E-state index contributed by atoms with van der Waals surface area (Å²) in [6.07, 6.45) is -1.48. The molecular weight excluding hydrogens is 253 g/mol. The molecule has 6 heteroatoms. The molecule has 4 nitrogen and oxygen atoms in total. The van der Waals surface area contributed by atoms with Gasteiger partial charge in [0.05, 0.1) is 12.1 Å². The van der Waals surface area contributed by atoms with Crippen LogP contribution in [0.1, 0.15) is 6.42 Å². The highest BCUT2D eigenvalue weighted by atomic mass is 35.5. The van der Waals surface area contributed by atoms with Gasteiger partial charge >= 0.3 is 0 Å². The first-order valence-corrected chi connectivity index (χ1v) is 5.25. The van der Waals surface area contributed by atoms with Crippen LogP contribution in [0.2, 0.25) is 10.0 Å². The maximum absolute atomic E-state index is 11.5. The Morgan fingerprint density at radius 2 is 1.75 bits per heavy atom. The molecule has 0 saturated carbocycles. The lowest BCUT2D eigenvalue weighted by atomic mass is 10.3. The third kappa shape index (κ3) is 1.91. The van der Waals surface area contributed by atoms with E-state index in [0.717, 1.165) is 4.90 Å². The van der Waals surface area contributed by atoms with Gasteiger partial charge in [-0.2, -0.15) is 0 Å². The molecule has 16 heavy (non-hydrogen) atoms. The highest BCUT2D eigenvalue weighted by Gasteiger charge is 2.38. The number of halogens is 2. The molecule has 0 aliphatic carbocycles. The van der Waals surface area contributed by atoms with Crippen molar-refractivity contribution in [2.45, 2.75) is 12.5 Å². The third-order valence-electron chi connectivity index (χ3n) is 2.23. The van der Waals surface area contributed by atoms with Crippen LogP contribution in [0.5, 0.6) is 0 Å². The number of benzene rings is 1. The number of nitrogens with zero attached hydrogens (tertiary/aromatic N) is 1. The van der Waals surface area contributed by atoms with Crippen LogP contribution in [0.15, 0.2) is 18.2 Å². The summed E-state index contributed by atoms with van der Waals surface area (Å²) in [5.41, 5.74) is 0.282. The molecule has 0 bridgehead atoms. The fraction of sp³-hybridized carbons (Fsp3) is 0.200. The fourth-order valence-electron chi connectivity index (χ4n) is 1.56. The van der Waals surface area contributed by atoms with E-state index in [1.807, 2.05) is 0 Å². The van der Waals surface area contributed by atoms with Crippen LogP contribution in [0, 0.1) is 0 Å². The summed E-state index contributed by atoms with van der Waals surface area (Å²) in [4.78, 5) is 23.9. The number of carbonyl (C=O) groups excluding carboxylic acids is 2. The summed E-state index contributed by atoms with van der Waals surface area (Å²) in [5, 5.41) is 9.91. The quantitative estimate of drug-likeness (QED) is 0.780. The monoisotopic (exact) mass is 259 g/mol. The van der Waals surface area contributed by atoms with Crippen molar-refractivity contribution in [3.8, 4) is 0 Å². The summed E-state index contributed by atoms with van der Waals surface area (Å²) in [6, 6.07) is 4.39. The third-order valence-corrected chi connectivity index (χ3v) is 2.66. The van der Waals surface area contributed by atoms with Crippen molar-refractivity contribution >= 4 is 40.7 Å². The van der Waals surface area contributed by atoms with Crippen molar-refractivity contribution in [3.63, 3.8) is 0 Å². The zero-order valence-corrected chi connectivity index (χ0v) is 9.50. The van der Waals surface area contributed by atoms with Crippen LogP contribution in [0.3, 0.4) is 0 Å². The molecule has 1 aromatic carbocycles. The minimum atomic E-state index is -1.27. The van der Waals surface area contributed by atoms with Crippen LogP contribution in [0.25, 0.3) is 0 Å². The first kappa shape index (κ1) is 11.4. The van der Waals surface area contributed by atoms with E-state index in [9.17, 15) is 14.7 Å². The van der Waals surface area contributed by atoms with Crippen LogP contribution in [-0.4, -0.2) is 23.0 Å². The van der Waals surface area contributed by atoms with Gasteiger partial charge < -0.3 is 5.11 Å². The number of anilines is 1. The zero-order valence-electron chi connectivity index (χ0n) is 7.98. The number of hydrogen-bond donors (Lipinski definition) is 1. The topological polar surface area (TPSA) is 57.6 Å². The Balaban J connectivity index is 2.44. The van der Waals surface area contributed by atoms with E-state index >= 15 is 0 Å². The number of carbonyl (C=O) groups is 2. The smallest absolute Gasteiger partial charge is 0.263 e. The number of aliphatic hydroxyl groups excluding tert-OH is 1. The molecular formula is C10H7Cl2NO3. The van der Waals surface area contributed by atoms with Gasteiger partial charge in [0.2, 0.25) is 5.91 Å². The van der Waals surface area contributed by atoms with Crippen LogP contribution in [-0.2, 0) is 9.59 Å². The number of amides is 2. The molecule has 1 atom stereocenters. The molecule has 1 fully saturated rings. The van der Waals surface area contributed by atoms with E-state index in [2.05, 4.69) is 0 Å². The molecule has 1 saturated heterocycles. The Morgan fingerprint density at radius 3 is 2.19 bits per heavy atom. The predicted molar refractivity (Wildman–Crippen MR) is 59.6 cm³/mol. The van der Waals surface area contributed by atoms with Gasteiger partial charge in [0, 0.05) is 10.0 Å². The SMILES string of the molecule is O=C1C[C@H](O)C(=O)N1c1cc(Cl)cc(Cl)c1. The molecule has 0 aromatic heterocycles. The predicted octanol–water partition coefficient (Wildman–Crippen LogP) is 1.62. The molecule has 2 amide bonds. The Labute approximate surface area is 101 Å². The minimum Gasteiger partial charge on any atom is -0.383 e. The van der Waals surface area contributed by atoms with Crippen LogP contribution in [0.4, 0.5) is 5.69 Å². The average Bonchev–Trinajstić information content (AvgIpc) is 2.39. The van der Waals surface area contributed by atoms with E-state index in [1.165, 1.54) is 18.2 Å². The molecule has 1 N–H and O–H groups in total. The van der Waals surface area contributed by atoms with Crippen molar-refractivity contribution < 1.29 is 14.7 Å². The second-order valence-electron chi connectivity index (χ2n) is 3.41. The summed E-state index contributed by atoms with van der Waals surface area (Å²) in [5.74, 6) is -1.11. The fourth-order valence-corrected chi connectivity index (χ4v) is 2.07. The lowest BCUT2D eigenvalue weighted by molar-refractivity contribution is -0.124. The Bertz CT molecular complexity index is 455. The average molecular weight is 260 g/mol. The van der Waals surface area contributed by atoms with Crippen LogP contribution >= 0.6 is 23.2 Å². The van der Waals surface area contributed by atoms with Gasteiger partial charge in [0.1, 0.15) is 6.10 Å². The van der Waals surface area contributed by atoms with Gasteiger partial charge in [0.15, 0.2) is 0 Å². The van der Waals surface area contributed by atoms with Crippen molar-refractivity contribution in [1.82, 2.24) is 0 Å². The van der Waals surface area contributed by atoms with Gasteiger partial charge in [0.25, 0.3) is 5.91 Å². The maximum atomic E-state index is 11.5. The number of imide groups is 1. The van der Waals surface area contributed by atoms with Crippen molar-refractivity contribution in [2.75, 3.05) is 4.90 Å². The molecule has 2 rings (SSSR count). The van der Waals surface area contributed by atoms with E-state index in [0.29, 0.717) is 10.0 Å². The second kappa shape index (κ2) is 4.05. The maximum Gasteiger partial charge on any atom is 0.263 e. The standard InChI is InChI=1S/C10H7Cl2NO3/c11-5-1-6(12)3-7(2-5)13-9(15)4-8(14)10(13)16/h1-3,8,14H,4H2/t8-/m0/s1. The highest BCUT2D eigenvalue weighted by Crippen LogP contribution is 2.29. The zero-order chi connectivity index (χ0) is 11.9. The molecule has 84 valence electrons. The first-order valence-electron chi connectivity index (χ1n) is 4.50. The molecule has 1 aromatic rings. The van der Waals surface area contributed by atoms with Gasteiger partial charge in [-0.05, 0) is 18.2 Å². The molecule has 0 radical (unpaired) electrons. The highest BCUT2D eigenvalue weighted by molar-refractivity contribution is 6.35. The molecule has 1 aliphatic rings. The number of hydrogen-bond acceptors (Lipinski definition) is 3. The van der Waals surface area contributed by atoms with Crippen molar-refractivity contribution in [3.05, 3.63) is 28.2 Å². The Morgan fingerprint density at radius 1 is 1.19 bits per heavy atom. The molecule has 1 heterocycles. The summed E-state index contributed by atoms with van der Waals surface area (Å²) < 4.78 is 0. The van der Waals surface area contributed by atoms with Gasteiger partial charge in [-0.3, -0.25) is 9.59 Å². The molecule has 0 unspecified atom stereocenters. The second-order valence-corrected chi connectivity index (χ2v) is 4.29. The molecule has 1 aliphatic heterocycles. The molecule has 0 spiro atoms. The van der Waals surface area contributed by atoms with Crippen LogP contribution < -0.4 is 4.90 Å². The Kier molecular flexibility index (Phi) is 2.88. The van der Waals surface area contributed by atoms with Gasteiger partial charge in [-0.1, -0.05) is 23.2 Å². The number of rotatable bonds is 1. The minimum absolute atomic E-state index is 0.205. The van der Waals surface area contributed by atoms with E-state index in [4.69, 9.17) is 23.2 Å². The van der Waals surface area contributed by atoms with E-state index in [-0.39, 0.29) is 12.1 Å². The van der Waals surface area contributed by atoms with E-state index in [1.54, 1.807) is 0 Å². The van der Waals surface area contributed by atoms with Crippen molar-refractivity contribution in [1.29, 1.82) is 0 Å². The lowest BCUT2D eigenvalue weighted by Gasteiger charge is -2.14. The largest absolute Gasteiger partial charge is 0.383 e. The van der Waals surface area contributed by atoms with Crippen molar-refractivity contribution in [2.24, 2.45) is 0 Å². The Hall–Kier alpha value is -1.10. The first-order chi connectivity index (χ1) is 7.49. The van der Waals surface area contributed by atoms with E-state index < -0.39 is 17.9 Å². The normalized spacial score (nSPS) is 20.7. The van der Waals surface area contributed by atoms with Gasteiger partial charge in [-0.15, -0.1) is 0 Å².